The third kappa shape index (κ3) is 14.8. The van der Waals surface area contributed by atoms with E-state index in [0.717, 1.165) is 0 Å². The van der Waals surface area contributed by atoms with Gasteiger partial charge in [0.05, 0.1) is 46.2 Å². The minimum absolute atomic E-state index is 0.0166. The van der Waals surface area contributed by atoms with Crippen molar-refractivity contribution in [2.45, 2.75) is 0 Å². The summed E-state index contributed by atoms with van der Waals surface area (Å²) in [7, 11) is 1.49. The Hall–Kier alpha value is -1.42. The Morgan fingerprint density at radius 2 is 1.43 bits per heavy atom. The molecule has 0 aliphatic heterocycles. The maximum atomic E-state index is 10.8. The van der Waals surface area contributed by atoms with E-state index < -0.39 is 6.09 Å². The van der Waals surface area contributed by atoms with E-state index in [1.165, 1.54) is 7.05 Å². The van der Waals surface area contributed by atoms with Crippen molar-refractivity contribution in [3.8, 4) is 0 Å². The van der Waals surface area contributed by atoms with Gasteiger partial charge in [0.2, 0.25) is 5.91 Å². The zero-order chi connectivity index (χ0) is 15.8. The molecule has 0 saturated carbocycles. The van der Waals surface area contributed by atoms with Gasteiger partial charge in [0.15, 0.2) is 0 Å². The number of carbonyl (C=O) groups is 2. The van der Waals surface area contributed by atoms with Crippen LogP contribution in [0, 0.1) is 0 Å². The normalized spacial score (nSPS) is 10.2. The van der Waals surface area contributed by atoms with E-state index in [0.29, 0.717) is 46.2 Å². The molecule has 9 heteroatoms. The first-order valence-corrected chi connectivity index (χ1v) is 6.75. The molecule has 0 bridgehead atoms. The highest BCUT2D eigenvalue weighted by Gasteiger charge is 1.97. The van der Waals surface area contributed by atoms with Crippen LogP contribution in [-0.2, 0) is 23.7 Å². The van der Waals surface area contributed by atoms with Gasteiger partial charge in [0, 0.05) is 13.6 Å². The van der Waals surface area contributed by atoms with E-state index >= 15 is 0 Å². The number of carbonyl (C=O) groups excluding carboxylic acids is 2. The number of alkyl carbamates (subject to hydrolysis) is 1. The highest BCUT2D eigenvalue weighted by Crippen LogP contribution is 1.83. The average molecular weight is 307 g/mol. The first-order chi connectivity index (χ1) is 10.2. The van der Waals surface area contributed by atoms with E-state index in [1.807, 2.05) is 0 Å². The van der Waals surface area contributed by atoms with Crippen molar-refractivity contribution >= 4 is 12.0 Å². The summed E-state index contributed by atoms with van der Waals surface area (Å²) in [6.07, 6.45) is -0.477. The molecule has 0 aromatic heterocycles. The fourth-order valence-electron chi connectivity index (χ4n) is 1.14. The van der Waals surface area contributed by atoms with Crippen LogP contribution in [0.15, 0.2) is 0 Å². The molecule has 0 saturated heterocycles. The molecule has 0 aliphatic rings. The Balaban J connectivity index is 3.06. The highest BCUT2D eigenvalue weighted by atomic mass is 16.6. The lowest BCUT2D eigenvalue weighted by Crippen LogP contribution is -2.32. The van der Waals surface area contributed by atoms with Crippen LogP contribution >= 0.6 is 0 Å². The Bertz CT molecular complexity index is 252. The number of nitrogens with two attached hydrogens (primary N) is 1. The minimum Gasteiger partial charge on any atom is -0.447 e. The molecule has 4 N–H and O–H groups in total. The van der Waals surface area contributed by atoms with Gasteiger partial charge in [-0.15, -0.1) is 0 Å². The second-order valence-corrected chi connectivity index (χ2v) is 3.78. The molecule has 2 amide bonds. The SMILES string of the molecule is CNC(=O)OCCOCCOCCOCCNC(=O)CN. The molecule has 0 aromatic rings. The Morgan fingerprint density at radius 1 is 0.905 bits per heavy atom. The molecule has 21 heavy (non-hydrogen) atoms. The summed E-state index contributed by atoms with van der Waals surface area (Å²) in [6.45, 7) is 3.12. The van der Waals surface area contributed by atoms with Crippen LogP contribution in [0.1, 0.15) is 0 Å². The van der Waals surface area contributed by atoms with Crippen LogP contribution in [0.3, 0.4) is 0 Å². The number of hydrogen-bond donors (Lipinski definition) is 3. The number of rotatable bonds is 13. The maximum absolute atomic E-state index is 10.8. The van der Waals surface area contributed by atoms with Crippen molar-refractivity contribution in [1.29, 1.82) is 0 Å². The molecule has 0 rings (SSSR count). The lowest BCUT2D eigenvalue weighted by atomic mass is 10.5. The third-order valence-corrected chi connectivity index (χ3v) is 2.16. The molecular formula is C12H25N3O6. The van der Waals surface area contributed by atoms with Crippen LogP contribution in [0.25, 0.3) is 0 Å². The quantitative estimate of drug-likeness (QED) is 0.353. The van der Waals surface area contributed by atoms with Gasteiger partial charge in [-0.3, -0.25) is 4.79 Å². The molecule has 0 atom stereocenters. The van der Waals surface area contributed by atoms with Crippen LogP contribution in [0.4, 0.5) is 4.79 Å². The number of hydrogen-bond acceptors (Lipinski definition) is 7. The minimum atomic E-state index is -0.477. The Kier molecular flexibility index (Phi) is 14.0. The van der Waals surface area contributed by atoms with Crippen molar-refractivity contribution < 1.29 is 28.5 Å². The van der Waals surface area contributed by atoms with E-state index in [2.05, 4.69) is 10.6 Å². The lowest BCUT2D eigenvalue weighted by Gasteiger charge is -2.07. The Labute approximate surface area is 124 Å². The monoisotopic (exact) mass is 307 g/mol. The lowest BCUT2D eigenvalue weighted by molar-refractivity contribution is -0.120. The second kappa shape index (κ2) is 15.0. The molecule has 0 spiro atoms. The van der Waals surface area contributed by atoms with Crippen molar-refractivity contribution in [3.05, 3.63) is 0 Å². The molecule has 0 aliphatic carbocycles. The van der Waals surface area contributed by atoms with Crippen molar-refractivity contribution in [2.75, 3.05) is 66.4 Å². The molecule has 0 fully saturated rings. The summed E-state index contributed by atoms with van der Waals surface area (Å²) >= 11 is 0. The van der Waals surface area contributed by atoms with E-state index in [4.69, 9.17) is 24.7 Å². The van der Waals surface area contributed by atoms with Crippen LogP contribution < -0.4 is 16.4 Å². The molecule has 0 heterocycles. The van der Waals surface area contributed by atoms with Crippen LogP contribution in [0.5, 0.6) is 0 Å². The van der Waals surface area contributed by atoms with Crippen molar-refractivity contribution in [3.63, 3.8) is 0 Å². The summed E-state index contributed by atoms with van der Waals surface area (Å²) in [5, 5.41) is 4.91. The fraction of sp³-hybridized carbons (Fsp3) is 0.833. The number of amides is 2. The standard InChI is InChI=1S/C12H25N3O6/c1-14-12(17)21-9-8-20-7-6-19-5-4-18-3-2-15-11(16)10-13/h2-10,13H2,1H3,(H,14,17)(H,15,16). The second-order valence-electron chi connectivity index (χ2n) is 3.78. The van der Waals surface area contributed by atoms with Gasteiger partial charge in [-0.05, 0) is 0 Å². The van der Waals surface area contributed by atoms with Gasteiger partial charge in [-0.1, -0.05) is 0 Å². The first-order valence-electron chi connectivity index (χ1n) is 6.75. The van der Waals surface area contributed by atoms with E-state index in [-0.39, 0.29) is 19.1 Å². The molecule has 9 nitrogen and oxygen atoms in total. The smallest absolute Gasteiger partial charge is 0.406 e. The predicted molar refractivity (Wildman–Crippen MR) is 74.9 cm³/mol. The van der Waals surface area contributed by atoms with Crippen molar-refractivity contribution in [1.82, 2.24) is 10.6 Å². The van der Waals surface area contributed by atoms with Gasteiger partial charge >= 0.3 is 6.09 Å². The van der Waals surface area contributed by atoms with E-state index in [1.54, 1.807) is 0 Å². The van der Waals surface area contributed by atoms with E-state index in [9.17, 15) is 9.59 Å². The summed E-state index contributed by atoms with van der Waals surface area (Å²) in [5.41, 5.74) is 5.12. The first kappa shape index (κ1) is 19.6. The summed E-state index contributed by atoms with van der Waals surface area (Å²) in [6, 6.07) is 0. The highest BCUT2D eigenvalue weighted by molar-refractivity contribution is 5.77. The molecular weight excluding hydrogens is 282 g/mol. The fourth-order valence-corrected chi connectivity index (χ4v) is 1.14. The van der Waals surface area contributed by atoms with Crippen LogP contribution in [0.2, 0.25) is 0 Å². The molecule has 0 unspecified atom stereocenters. The van der Waals surface area contributed by atoms with Gasteiger partial charge < -0.3 is 35.3 Å². The van der Waals surface area contributed by atoms with Crippen molar-refractivity contribution in [2.24, 2.45) is 5.73 Å². The molecule has 0 radical (unpaired) electrons. The Morgan fingerprint density at radius 3 is 1.95 bits per heavy atom. The number of nitrogens with one attached hydrogen (secondary N) is 2. The molecule has 0 aromatic carbocycles. The average Bonchev–Trinajstić information content (AvgIpc) is 2.51. The summed E-state index contributed by atoms with van der Waals surface area (Å²) in [5.74, 6) is -0.201. The summed E-state index contributed by atoms with van der Waals surface area (Å²) < 4.78 is 20.4. The van der Waals surface area contributed by atoms with Gasteiger partial charge in [0.1, 0.15) is 6.61 Å². The molecule has 124 valence electrons. The maximum Gasteiger partial charge on any atom is 0.406 e. The predicted octanol–water partition coefficient (Wildman–Crippen LogP) is -1.53. The van der Waals surface area contributed by atoms with Gasteiger partial charge in [0.25, 0.3) is 0 Å². The topological polar surface area (TPSA) is 121 Å². The zero-order valence-corrected chi connectivity index (χ0v) is 12.4. The summed E-state index contributed by atoms with van der Waals surface area (Å²) in [4.78, 5) is 21.5. The van der Waals surface area contributed by atoms with Gasteiger partial charge in [-0.25, -0.2) is 4.79 Å². The third-order valence-electron chi connectivity index (χ3n) is 2.16. The number of ether oxygens (including phenoxy) is 4. The zero-order valence-electron chi connectivity index (χ0n) is 12.4. The van der Waals surface area contributed by atoms with Crippen LogP contribution in [-0.4, -0.2) is 78.4 Å². The largest absolute Gasteiger partial charge is 0.447 e. The van der Waals surface area contributed by atoms with Gasteiger partial charge in [-0.2, -0.15) is 0 Å².